The minimum Gasteiger partial charge on any atom is -0.331 e. The first-order chi connectivity index (χ1) is 10.1. The number of hydrogen-bond acceptors (Lipinski definition) is 3. The molecule has 21 heavy (non-hydrogen) atoms. The van der Waals surface area contributed by atoms with Crippen LogP contribution in [0.4, 0.5) is 0 Å². The lowest BCUT2D eigenvalue weighted by Gasteiger charge is -2.50. The van der Waals surface area contributed by atoms with E-state index in [2.05, 4.69) is 32.9 Å². The summed E-state index contributed by atoms with van der Waals surface area (Å²) in [5.41, 5.74) is 1.46. The predicted molar refractivity (Wildman–Crippen MR) is 83.4 cm³/mol. The summed E-state index contributed by atoms with van der Waals surface area (Å²) in [5.74, 6) is 0.100. The molecule has 0 aliphatic carbocycles. The molecule has 0 N–H and O–H groups in total. The number of aromatic nitrogens is 2. The fraction of sp³-hybridized carbons (Fsp3) is 0.467. The summed E-state index contributed by atoms with van der Waals surface area (Å²) in [4.78, 5) is 21.7. The van der Waals surface area contributed by atoms with Gasteiger partial charge in [-0.1, -0.05) is 0 Å². The lowest BCUT2D eigenvalue weighted by molar-refractivity contribution is -0.000509. The van der Waals surface area contributed by atoms with Crippen LogP contribution < -0.4 is 0 Å². The predicted octanol–water partition coefficient (Wildman–Crippen LogP) is 2.02. The van der Waals surface area contributed by atoms with Crippen molar-refractivity contribution in [2.24, 2.45) is 0 Å². The quantitative estimate of drug-likeness (QED) is 0.791. The van der Waals surface area contributed by atoms with Crippen LogP contribution in [0.3, 0.4) is 0 Å². The molecular weight excluding hydrogens is 332 g/mol. The smallest absolute Gasteiger partial charge is 0.272 e. The largest absolute Gasteiger partial charge is 0.331 e. The van der Waals surface area contributed by atoms with Crippen molar-refractivity contribution in [3.05, 3.63) is 34.7 Å². The standard InChI is InChI=1S/C15H17BrN4O/c1-18-8-12-4-3-11(18)9-19(12)15(21)13-6-17-14-5-2-10(16)7-20(13)14/h2,5-7,11-12H,3-4,8-9H2,1H3. The van der Waals surface area contributed by atoms with Crippen LogP contribution in [0.2, 0.25) is 0 Å². The first-order valence-electron chi connectivity index (χ1n) is 7.27. The summed E-state index contributed by atoms with van der Waals surface area (Å²) in [5, 5.41) is 0. The summed E-state index contributed by atoms with van der Waals surface area (Å²) < 4.78 is 2.82. The Morgan fingerprint density at radius 2 is 2.10 bits per heavy atom. The van der Waals surface area contributed by atoms with E-state index < -0.39 is 0 Å². The van der Waals surface area contributed by atoms with Crippen molar-refractivity contribution in [3.63, 3.8) is 0 Å². The molecule has 3 saturated heterocycles. The molecule has 6 heteroatoms. The Bertz CT molecular complexity index is 713. The van der Waals surface area contributed by atoms with Gasteiger partial charge in [0.05, 0.1) is 6.20 Å². The van der Waals surface area contributed by atoms with E-state index in [0.717, 1.165) is 29.6 Å². The van der Waals surface area contributed by atoms with Gasteiger partial charge in [-0.05, 0) is 48.0 Å². The number of halogens is 1. The molecule has 2 aromatic rings. The monoisotopic (exact) mass is 348 g/mol. The summed E-state index contributed by atoms with van der Waals surface area (Å²) in [6, 6.07) is 4.70. The highest BCUT2D eigenvalue weighted by Gasteiger charge is 2.40. The van der Waals surface area contributed by atoms with Crippen LogP contribution in [0.15, 0.2) is 29.0 Å². The molecule has 0 spiro atoms. The van der Waals surface area contributed by atoms with Gasteiger partial charge in [0.15, 0.2) is 0 Å². The highest BCUT2D eigenvalue weighted by Crippen LogP contribution is 2.29. The van der Waals surface area contributed by atoms with E-state index >= 15 is 0 Å². The molecule has 0 saturated carbocycles. The van der Waals surface area contributed by atoms with Gasteiger partial charge in [-0.25, -0.2) is 4.98 Å². The number of hydrogen-bond donors (Lipinski definition) is 0. The average molecular weight is 349 g/mol. The van der Waals surface area contributed by atoms with E-state index in [9.17, 15) is 4.79 Å². The maximum Gasteiger partial charge on any atom is 0.272 e. The SMILES string of the molecule is CN1CC2CCC1CN2C(=O)c1cnc2ccc(Br)cn12. The maximum absolute atomic E-state index is 12.9. The van der Waals surface area contributed by atoms with Gasteiger partial charge in [-0.3, -0.25) is 14.1 Å². The molecule has 5 nitrogen and oxygen atoms in total. The highest BCUT2D eigenvalue weighted by molar-refractivity contribution is 9.10. The van der Waals surface area contributed by atoms with E-state index in [-0.39, 0.29) is 5.91 Å². The fourth-order valence-corrected chi connectivity index (χ4v) is 3.88. The molecular formula is C15H17BrN4O. The third-order valence-corrected chi connectivity index (χ3v) is 5.22. The zero-order chi connectivity index (χ0) is 14.6. The molecule has 1 amide bonds. The Hall–Kier alpha value is -1.40. The van der Waals surface area contributed by atoms with Gasteiger partial charge in [-0.15, -0.1) is 0 Å². The van der Waals surface area contributed by atoms with Gasteiger partial charge in [0.25, 0.3) is 5.91 Å². The topological polar surface area (TPSA) is 40.8 Å². The van der Waals surface area contributed by atoms with E-state index in [0.29, 0.717) is 17.8 Å². The lowest BCUT2D eigenvalue weighted by Crippen LogP contribution is -2.62. The van der Waals surface area contributed by atoms with Gasteiger partial charge >= 0.3 is 0 Å². The van der Waals surface area contributed by atoms with Crippen LogP contribution in [0.1, 0.15) is 23.3 Å². The van der Waals surface area contributed by atoms with Crippen LogP contribution >= 0.6 is 15.9 Å². The Kier molecular flexibility index (Phi) is 3.04. The molecule has 3 aliphatic rings. The lowest BCUT2D eigenvalue weighted by atomic mass is 9.91. The molecule has 5 rings (SSSR count). The van der Waals surface area contributed by atoms with Crippen molar-refractivity contribution in [1.82, 2.24) is 19.2 Å². The number of rotatable bonds is 1. The maximum atomic E-state index is 12.9. The normalized spacial score (nSPS) is 25.7. The first-order valence-corrected chi connectivity index (χ1v) is 8.06. The number of amides is 1. The van der Waals surface area contributed by atoms with E-state index in [1.54, 1.807) is 6.20 Å². The van der Waals surface area contributed by atoms with E-state index in [4.69, 9.17) is 0 Å². The molecule has 0 aromatic carbocycles. The average Bonchev–Trinajstić information content (AvgIpc) is 2.90. The van der Waals surface area contributed by atoms with Gasteiger partial charge in [0, 0.05) is 35.8 Å². The second-order valence-electron chi connectivity index (χ2n) is 6.00. The number of imidazole rings is 1. The molecule has 2 bridgehead atoms. The molecule has 2 atom stereocenters. The van der Waals surface area contributed by atoms with Crippen LogP contribution in [-0.4, -0.2) is 57.3 Å². The molecule has 5 heterocycles. The number of likely N-dealkylation sites (N-methyl/N-ethyl adjacent to an activating group) is 1. The molecule has 3 aliphatic heterocycles. The second kappa shape index (κ2) is 4.81. The number of nitrogens with zero attached hydrogens (tertiary/aromatic N) is 4. The third-order valence-electron chi connectivity index (χ3n) is 4.75. The molecule has 2 unspecified atom stereocenters. The molecule has 2 aromatic heterocycles. The number of carbonyl (C=O) groups is 1. The van der Waals surface area contributed by atoms with Gasteiger partial charge < -0.3 is 4.90 Å². The van der Waals surface area contributed by atoms with Crippen LogP contribution in [0.5, 0.6) is 0 Å². The van der Waals surface area contributed by atoms with Gasteiger partial charge in [0.1, 0.15) is 11.3 Å². The van der Waals surface area contributed by atoms with Crippen molar-refractivity contribution in [2.75, 3.05) is 20.1 Å². The highest BCUT2D eigenvalue weighted by atomic mass is 79.9. The number of piperidine rings is 2. The first kappa shape index (κ1) is 13.3. The fourth-order valence-electron chi connectivity index (χ4n) is 3.55. The molecule has 110 valence electrons. The van der Waals surface area contributed by atoms with Crippen LogP contribution in [0, 0.1) is 0 Å². The molecule has 0 radical (unpaired) electrons. The zero-order valence-corrected chi connectivity index (χ0v) is 13.5. The van der Waals surface area contributed by atoms with Crippen molar-refractivity contribution in [3.8, 4) is 0 Å². The number of fused-ring (bicyclic) bond motifs is 4. The van der Waals surface area contributed by atoms with E-state index in [1.165, 1.54) is 6.42 Å². The van der Waals surface area contributed by atoms with Gasteiger partial charge in [-0.2, -0.15) is 0 Å². The number of carbonyl (C=O) groups excluding carboxylic acids is 1. The van der Waals surface area contributed by atoms with E-state index in [1.807, 2.05) is 27.6 Å². The number of piperazine rings is 1. The van der Waals surface area contributed by atoms with Crippen molar-refractivity contribution >= 4 is 27.5 Å². The number of pyridine rings is 1. The van der Waals surface area contributed by atoms with Gasteiger partial charge in [0.2, 0.25) is 0 Å². The Morgan fingerprint density at radius 1 is 1.29 bits per heavy atom. The Morgan fingerprint density at radius 3 is 2.81 bits per heavy atom. The summed E-state index contributed by atoms with van der Waals surface area (Å²) in [6.45, 7) is 1.82. The Labute approximate surface area is 131 Å². The Balaban J connectivity index is 1.69. The second-order valence-corrected chi connectivity index (χ2v) is 6.92. The summed E-state index contributed by atoms with van der Waals surface area (Å²) in [6.07, 6.45) is 5.91. The van der Waals surface area contributed by atoms with Crippen molar-refractivity contribution in [2.45, 2.75) is 24.9 Å². The summed E-state index contributed by atoms with van der Waals surface area (Å²) >= 11 is 3.46. The van der Waals surface area contributed by atoms with Crippen molar-refractivity contribution in [1.29, 1.82) is 0 Å². The summed E-state index contributed by atoms with van der Waals surface area (Å²) in [7, 11) is 2.16. The minimum atomic E-state index is 0.100. The van der Waals surface area contributed by atoms with Crippen molar-refractivity contribution < 1.29 is 4.79 Å². The molecule has 3 fully saturated rings. The minimum absolute atomic E-state index is 0.100. The zero-order valence-electron chi connectivity index (χ0n) is 11.9. The van der Waals surface area contributed by atoms with Crippen LogP contribution in [-0.2, 0) is 0 Å². The third kappa shape index (κ3) is 2.08. The van der Waals surface area contributed by atoms with Crippen LogP contribution in [0.25, 0.3) is 5.65 Å².